The van der Waals surface area contributed by atoms with Gasteiger partial charge in [0.15, 0.2) is 0 Å². The van der Waals surface area contributed by atoms with Crippen LogP contribution in [-0.2, 0) is 0 Å². The van der Waals surface area contributed by atoms with E-state index in [0.29, 0.717) is 5.02 Å². The Morgan fingerprint density at radius 1 is 0.288 bits per heavy atom. The molecule has 0 aliphatic carbocycles. The van der Waals surface area contributed by atoms with E-state index in [1.807, 2.05) is 72.8 Å². The lowest BCUT2D eigenvalue weighted by Crippen LogP contribution is -2.61. The Bertz CT molecular complexity index is 2940. The number of hydrogen-bond acceptors (Lipinski definition) is 4. The maximum Gasteiger partial charge on any atom is 0.252 e. The Balaban J connectivity index is 0.000000146. The van der Waals surface area contributed by atoms with E-state index in [-0.39, 0.29) is 6.71 Å². The summed E-state index contributed by atoms with van der Waals surface area (Å²) in [5.41, 5.74) is 17.5. The molecule has 0 amide bonds. The number of halogens is 1. The molecule has 10 aromatic rings. The van der Waals surface area contributed by atoms with Gasteiger partial charge in [-0.15, -0.1) is 0 Å². The summed E-state index contributed by atoms with van der Waals surface area (Å²) in [5.74, 6) is 0. The van der Waals surface area contributed by atoms with Crippen LogP contribution in [-0.4, -0.2) is 6.71 Å². The van der Waals surface area contributed by atoms with E-state index in [9.17, 15) is 0 Å². The molecule has 2 aliphatic heterocycles. The molecule has 2 heterocycles. The zero-order valence-corrected chi connectivity index (χ0v) is 36.9. The molecular formula is C60H44BClN4. The third-order valence-corrected chi connectivity index (χ3v) is 12.7. The molecule has 0 bridgehead atoms. The third kappa shape index (κ3) is 7.45. The topological polar surface area (TPSA) is 13.0 Å². The zero-order chi connectivity index (χ0) is 44.2. The SMILES string of the molecule is Clc1c(N(c2ccccc2)c2ccccc2)cccc1N(c1ccccc1)c1ccccc1.c1ccc(N2c3ccccc3B3c4ccccc4N(c4ccccc4)c4cccc2c43)cc1. The zero-order valence-electron chi connectivity index (χ0n) is 36.1. The molecule has 0 unspecified atom stereocenters. The largest absolute Gasteiger partial charge is 0.311 e. The minimum atomic E-state index is 0.198. The predicted octanol–water partition coefficient (Wildman–Crippen LogP) is 15.0. The highest BCUT2D eigenvalue weighted by atomic mass is 35.5. The van der Waals surface area contributed by atoms with Gasteiger partial charge in [0.05, 0.1) is 16.4 Å². The van der Waals surface area contributed by atoms with E-state index in [1.165, 1.54) is 50.5 Å². The number of para-hydroxylation sites is 8. The molecule has 0 atom stereocenters. The number of fused-ring (bicyclic) bond motifs is 4. The number of nitrogens with zero attached hydrogens (tertiary/aromatic N) is 4. The molecular weight excluding hydrogens is 823 g/mol. The van der Waals surface area contributed by atoms with Crippen molar-refractivity contribution >= 4 is 103 Å². The number of anilines is 12. The van der Waals surface area contributed by atoms with Crippen LogP contribution in [0.2, 0.25) is 5.02 Å². The molecule has 0 aromatic heterocycles. The van der Waals surface area contributed by atoms with Gasteiger partial charge in [0.1, 0.15) is 0 Å². The van der Waals surface area contributed by atoms with Gasteiger partial charge in [-0.05, 0) is 126 Å². The fourth-order valence-corrected chi connectivity index (χ4v) is 9.86. The predicted molar refractivity (Wildman–Crippen MR) is 281 cm³/mol. The summed E-state index contributed by atoms with van der Waals surface area (Å²) in [6, 6.07) is 93.3. The highest BCUT2D eigenvalue weighted by Crippen LogP contribution is 2.47. The maximum atomic E-state index is 7.21. The van der Waals surface area contributed by atoms with Gasteiger partial charge in [-0.2, -0.15) is 0 Å². The maximum absolute atomic E-state index is 7.21. The Morgan fingerprint density at radius 2 is 0.576 bits per heavy atom. The van der Waals surface area contributed by atoms with Crippen molar-refractivity contribution in [2.45, 2.75) is 0 Å². The summed E-state index contributed by atoms with van der Waals surface area (Å²) >= 11 is 7.21. The van der Waals surface area contributed by atoms with Gasteiger partial charge in [0.2, 0.25) is 0 Å². The molecule has 0 radical (unpaired) electrons. The van der Waals surface area contributed by atoms with Crippen LogP contribution in [0.25, 0.3) is 0 Å². The van der Waals surface area contributed by atoms with Crippen molar-refractivity contribution < 1.29 is 0 Å². The van der Waals surface area contributed by atoms with Crippen molar-refractivity contribution in [3.05, 3.63) is 272 Å². The molecule has 314 valence electrons. The molecule has 0 fully saturated rings. The number of hydrogen-bond donors (Lipinski definition) is 0. The van der Waals surface area contributed by atoms with Gasteiger partial charge in [-0.3, -0.25) is 0 Å². The number of rotatable bonds is 8. The minimum Gasteiger partial charge on any atom is -0.311 e. The van der Waals surface area contributed by atoms with E-state index in [4.69, 9.17) is 11.6 Å². The van der Waals surface area contributed by atoms with Crippen LogP contribution in [0.1, 0.15) is 0 Å². The molecule has 0 N–H and O–H groups in total. The average Bonchev–Trinajstić information content (AvgIpc) is 3.39. The van der Waals surface area contributed by atoms with Crippen LogP contribution in [0, 0.1) is 0 Å². The van der Waals surface area contributed by atoms with E-state index >= 15 is 0 Å². The summed E-state index contributed by atoms with van der Waals surface area (Å²) in [6.07, 6.45) is 0. The molecule has 6 heteroatoms. The second-order valence-electron chi connectivity index (χ2n) is 16.2. The van der Waals surface area contributed by atoms with Crippen LogP contribution in [0.3, 0.4) is 0 Å². The smallest absolute Gasteiger partial charge is 0.252 e. The normalized spacial score (nSPS) is 11.9. The third-order valence-electron chi connectivity index (χ3n) is 12.3. The van der Waals surface area contributed by atoms with Gasteiger partial charge in [0.25, 0.3) is 6.71 Å². The standard InChI is InChI=1S/C30H21BN2.C30H23ClN2/c1-3-12-22(13-4-1)32-26-18-9-7-16-24(26)31-25-17-8-10-19-27(25)33(23-14-5-2-6-15-23)29-21-11-20-28(32)30(29)31;31-30-28(32(24-14-5-1-6-15-24)25-16-7-2-8-17-25)22-13-23-29(30)33(26-18-9-3-10-19-26)27-20-11-4-12-21-27/h1-21H;1-23H. The van der Waals surface area contributed by atoms with Crippen LogP contribution in [0.15, 0.2) is 267 Å². The van der Waals surface area contributed by atoms with Gasteiger partial charge < -0.3 is 19.6 Å². The quantitative estimate of drug-likeness (QED) is 0.141. The molecule has 0 saturated heterocycles. The first kappa shape index (κ1) is 40.5. The van der Waals surface area contributed by atoms with Crippen molar-refractivity contribution in [1.82, 2.24) is 0 Å². The van der Waals surface area contributed by atoms with Gasteiger partial charge in [-0.1, -0.05) is 169 Å². The first-order valence-corrected chi connectivity index (χ1v) is 22.7. The highest BCUT2D eigenvalue weighted by Gasteiger charge is 2.42. The lowest BCUT2D eigenvalue weighted by Gasteiger charge is -2.44. The molecule has 4 nitrogen and oxygen atoms in total. The summed E-state index contributed by atoms with van der Waals surface area (Å²) in [5, 5.41) is 0.679. The fraction of sp³-hybridized carbons (Fsp3) is 0. The first-order chi connectivity index (χ1) is 32.7. The Kier molecular flexibility index (Phi) is 11.1. The van der Waals surface area contributed by atoms with E-state index in [0.717, 1.165) is 34.1 Å². The monoisotopic (exact) mass is 866 g/mol. The lowest BCUT2D eigenvalue weighted by atomic mass is 9.33. The second kappa shape index (κ2) is 18.1. The molecule has 66 heavy (non-hydrogen) atoms. The fourth-order valence-electron chi connectivity index (χ4n) is 9.56. The average molecular weight is 867 g/mol. The van der Waals surface area contributed by atoms with Gasteiger partial charge >= 0.3 is 0 Å². The van der Waals surface area contributed by atoms with E-state index in [1.54, 1.807) is 0 Å². The van der Waals surface area contributed by atoms with Crippen molar-refractivity contribution in [1.29, 1.82) is 0 Å². The van der Waals surface area contributed by atoms with Gasteiger partial charge in [-0.25, -0.2) is 0 Å². The first-order valence-electron chi connectivity index (χ1n) is 22.3. The van der Waals surface area contributed by atoms with Crippen LogP contribution < -0.4 is 36.0 Å². The van der Waals surface area contributed by atoms with E-state index in [2.05, 4.69) is 214 Å². The van der Waals surface area contributed by atoms with Crippen molar-refractivity contribution in [3.8, 4) is 0 Å². The molecule has 0 saturated carbocycles. The lowest BCUT2D eigenvalue weighted by molar-refractivity contribution is 1.25. The summed E-state index contributed by atoms with van der Waals surface area (Å²) in [4.78, 5) is 9.23. The van der Waals surface area contributed by atoms with Crippen LogP contribution in [0.5, 0.6) is 0 Å². The Labute approximate surface area is 392 Å². The number of benzene rings is 10. The van der Waals surface area contributed by atoms with Gasteiger partial charge in [0, 0.05) is 56.9 Å². The van der Waals surface area contributed by atoms with Crippen LogP contribution >= 0.6 is 11.6 Å². The summed E-state index contributed by atoms with van der Waals surface area (Å²) in [6.45, 7) is 0.198. The molecule has 12 rings (SSSR count). The van der Waals surface area contributed by atoms with E-state index < -0.39 is 0 Å². The highest BCUT2D eigenvalue weighted by molar-refractivity contribution is 7.00. The summed E-state index contributed by atoms with van der Waals surface area (Å²) < 4.78 is 0. The van der Waals surface area contributed by atoms with Crippen molar-refractivity contribution in [2.75, 3.05) is 19.6 Å². The van der Waals surface area contributed by atoms with Crippen LogP contribution in [0.4, 0.5) is 68.2 Å². The van der Waals surface area contributed by atoms with Crippen molar-refractivity contribution in [2.24, 2.45) is 0 Å². The molecule has 10 aromatic carbocycles. The summed E-state index contributed by atoms with van der Waals surface area (Å²) in [7, 11) is 0. The molecule has 2 aliphatic rings. The second-order valence-corrected chi connectivity index (χ2v) is 16.6. The minimum absolute atomic E-state index is 0.198. The molecule has 0 spiro atoms. The Morgan fingerprint density at radius 3 is 0.939 bits per heavy atom. The Hall–Kier alpha value is -8.25. The van der Waals surface area contributed by atoms with Crippen molar-refractivity contribution in [3.63, 3.8) is 0 Å².